The summed E-state index contributed by atoms with van der Waals surface area (Å²) in [5.41, 5.74) is 0.380. The van der Waals surface area contributed by atoms with Crippen molar-refractivity contribution < 1.29 is 17.2 Å². The Balaban J connectivity index is 2.01. The predicted molar refractivity (Wildman–Crippen MR) is 100 cm³/mol. The van der Waals surface area contributed by atoms with Crippen LogP contribution in [0.25, 0.3) is 11.1 Å². The maximum atomic E-state index is 13.3. The van der Waals surface area contributed by atoms with Gasteiger partial charge in [-0.3, -0.25) is 0 Å². The van der Waals surface area contributed by atoms with Gasteiger partial charge in [-0.05, 0) is 38.1 Å². The molecule has 3 rings (SSSR count). The number of likely N-dealkylation sites (tertiary alicyclic amines) is 1. The third-order valence-electron chi connectivity index (χ3n) is 4.76. The van der Waals surface area contributed by atoms with Crippen LogP contribution in [0.5, 0.6) is 0 Å². The summed E-state index contributed by atoms with van der Waals surface area (Å²) in [6, 6.07) is 3.24. The third-order valence-corrected chi connectivity index (χ3v) is 7.51. The van der Waals surface area contributed by atoms with E-state index in [0.29, 0.717) is 43.9 Å². The van der Waals surface area contributed by atoms with E-state index in [1.807, 2.05) is 25.7 Å². The van der Waals surface area contributed by atoms with Gasteiger partial charge in [-0.2, -0.15) is 0 Å². The normalized spacial score (nSPS) is 17.9. The molecule has 0 atom stereocenters. The number of fused-ring (bicyclic) bond motifs is 1. The molecule has 1 aliphatic rings. The van der Waals surface area contributed by atoms with Gasteiger partial charge in [0.1, 0.15) is 17.1 Å². The van der Waals surface area contributed by atoms with Crippen LogP contribution < -0.4 is 0 Å². The van der Waals surface area contributed by atoms with Crippen molar-refractivity contribution in [2.75, 3.05) is 26.3 Å². The number of rotatable bonds is 4. The van der Waals surface area contributed by atoms with Crippen molar-refractivity contribution in [2.45, 2.75) is 49.2 Å². The first-order chi connectivity index (χ1) is 12.1. The number of benzene rings is 1. The van der Waals surface area contributed by atoms with Crippen molar-refractivity contribution in [3.63, 3.8) is 0 Å². The van der Waals surface area contributed by atoms with Crippen LogP contribution >= 0.6 is 11.6 Å². The van der Waals surface area contributed by atoms with Crippen LogP contribution in [0.3, 0.4) is 0 Å². The molecule has 0 bridgehead atoms. The SMILES string of the molecule is CC(C)(C)c1nc2ccc(Cl)c(S(=O)(=O)C3CCN(CCF)CC3)c2o1. The molecule has 2 aromatic rings. The molecule has 0 unspecified atom stereocenters. The lowest BCUT2D eigenvalue weighted by Gasteiger charge is -2.31. The van der Waals surface area contributed by atoms with Gasteiger partial charge in [-0.15, -0.1) is 0 Å². The minimum Gasteiger partial charge on any atom is -0.439 e. The van der Waals surface area contributed by atoms with Crippen molar-refractivity contribution in [3.8, 4) is 0 Å². The van der Waals surface area contributed by atoms with Gasteiger partial charge < -0.3 is 9.32 Å². The zero-order chi connectivity index (χ0) is 19.1. The summed E-state index contributed by atoms with van der Waals surface area (Å²) in [7, 11) is -3.68. The van der Waals surface area contributed by atoms with E-state index in [1.54, 1.807) is 12.1 Å². The van der Waals surface area contributed by atoms with Gasteiger partial charge in [0, 0.05) is 12.0 Å². The number of nitrogens with zero attached hydrogens (tertiary/aromatic N) is 2. The molecule has 1 fully saturated rings. The Labute approximate surface area is 158 Å². The molecule has 1 saturated heterocycles. The van der Waals surface area contributed by atoms with Gasteiger partial charge >= 0.3 is 0 Å². The van der Waals surface area contributed by atoms with Crippen molar-refractivity contribution in [1.82, 2.24) is 9.88 Å². The molecule has 0 amide bonds. The zero-order valence-corrected chi connectivity index (χ0v) is 16.8. The van der Waals surface area contributed by atoms with Gasteiger partial charge in [0.15, 0.2) is 15.4 Å². The molecule has 1 aromatic carbocycles. The number of piperidine rings is 1. The minimum atomic E-state index is -3.68. The van der Waals surface area contributed by atoms with Crippen molar-refractivity contribution >= 4 is 32.5 Å². The second kappa shape index (κ2) is 7.09. The van der Waals surface area contributed by atoms with E-state index in [2.05, 4.69) is 4.98 Å². The molecule has 1 aliphatic heterocycles. The van der Waals surface area contributed by atoms with Crippen LogP contribution in [0.15, 0.2) is 21.4 Å². The summed E-state index contributed by atoms with van der Waals surface area (Å²) in [5, 5.41) is -0.398. The molecule has 0 aliphatic carbocycles. The number of sulfone groups is 1. The van der Waals surface area contributed by atoms with E-state index in [-0.39, 0.29) is 20.9 Å². The zero-order valence-electron chi connectivity index (χ0n) is 15.3. The molecule has 1 aromatic heterocycles. The largest absolute Gasteiger partial charge is 0.439 e. The second-order valence-electron chi connectivity index (χ2n) is 7.77. The summed E-state index contributed by atoms with van der Waals surface area (Å²) in [4.78, 5) is 6.42. The molecule has 0 saturated carbocycles. The van der Waals surface area contributed by atoms with Gasteiger partial charge in [-0.1, -0.05) is 32.4 Å². The van der Waals surface area contributed by atoms with Gasteiger partial charge in [-0.25, -0.2) is 17.8 Å². The Bertz CT molecular complexity index is 897. The molecule has 2 heterocycles. The standard InChI is InChI=1S/C18H24ClFN2O3S/c1-18(2,3)17-21-14-5-4-13(19)16(15(14)25-17)26(23,24)12-6-9-22(10-7-12)11-8-20/h4-5,12H,6-11H2,1-3H3. The fourth-order valence-electron chi connectivity index (χ4n) is 3.26. The molecule has 8 heteroatoms. The molecule has 26 heavy (non-hydrogen) atoms. The average molecular weight is 403 g/mol. The number of oxazole rings is 1. The minimum absolute atomic E-state index is 0.0311. The van der Waals surface area contributed by atoms with E-state index in [0.717, 1.165) is 0 Å². The predicted octanol–water partition coefficient (Wildman–Crippen LogP) is 3.99. The molecule has 0 N–H and O–H groups in total. The molecule has 0 spiro atoms. The second-order valence-corrected chi connectivity index (χ2v) is 10.3. The number of hydrogen-bond acceptors (Lipinski definition) is 5. The van der Waals surface area contributed by atoms with E-state index >= 15 is 0 Å². The first-order valence-electron chi connectivity index (χ1n) is 8.76. The highest BCUT2D eigenvalue weighted by Gasteiger charge is 2.36. The summed E-state index contributed by atoms with van der Waals surface area (Å²) >= 11 is 6.28. The third kappa shape index (κ3) is 3.62. The van der Waals surface area contributed by atoms with Gasteiger partial charge in [0.2, 0.25) is 5.89 Å². The molecule has 5 nitrogen and oxygen atoms in total. The van der Waals surface area contributed by atoms with E-state index in [9.17, 15) is 12.8 Å². The first-order valence-corrected chi connectivity index (χ1v) is 10.7. The lowest BCUT2D eigenvalue weighted by Crippen LogP contribution is -2.40. The Morgan fingerprint density at radius 2 is 1.96 bits per heavy atom. The molecular weight excluding hydrogens is 379 g/mol. The fraction of sp³-hybridized carbons (Fsp3) is 0.611. The summed E-state index contributed by atoms with van der Waals surface area (Å²) in [6.07, 6.45) is 0.907. The van der Waals surface area contributed by atoms with Crippen molar-refractivity contribution in [2.24, 2.45) is 0 Å². The topological polar surface area (TPSA) is 63.4 Å². The molecule has 144 valence electrons. The van der Waals surface area contributed by atoms with Crippen LogP contribution in [0, 0.1) is 0 Å². The van der Waals surface area contributed by atoms with Crippen molar-refractivity contribution in [1.29, 1.82) is 0 Å². The summed E-state index contributed by atoms with van der Waals surface area (Å²) in [5.74, 6) is 0.476. The van der Waals surface area contributed by atoms with Crippen LogP contribution in [-0.2, 0) is 15.3 Å². The lowest BCUT2D eigenvalue weighted by molar-refractivity contribution is 0.212. The lowest BCUT2D eigenvalue weighted by atomic mass is 9.97. The smallest absolute Gasteiger partial charge is 0.200 e. The summed E-state index contributed by atoms with van der Waals surface area (Å²) < 4.78 is 44.9. The Morgan fingerprint density at radius 1 is 1.31 bits per heavy atom. The average Bonchev–Trinajstić information content (AvgIpc) is 2.99. The number of alkyl halides is 1. The maximum absolute atomic E-state index is 13.3. The van der Waals surface area contributed by atoms with Crippen molar-refractivity contribution in [3.05, 3.63) is 23.0 Å². The highest BCUT2D eigenvalue weighted by Crippen LogP contribution is 2.37. The Morgan fingerprint density at radius 3 is 2.54 bits per heavy atom. The van der Waals surface area contributed by atoms with Gasteiger partial charge in [0.25, 0.3) is 0 Å². The van der Waals surface area contributed by atoms with Crippen LogP contribution in [0.1, 0.15) is 39.5 Å². The monoisotopic (exact) mass is 402 g/mol. The molecule has 0 radical (unpaired) electrons. The summed E-state index contributed by atoms with van der Waals surface area (Å²) in [6.45, 7) is 6.91. The highest BCUT2D eigenvalue weighted by molar-refractivity contribution is 7.92. The van der Waals surface area contributed by atoms with Crippen LogP contribution in [0.2, 0.25) is 5.02 Å². The number of hydrogen-bond donors (Lipinski definition) is 0. The Kier molecular flexibility index (Phi) is 5.34. The van der Waals surface area contributed by atoms with E-state index in [4.69, 9.17) is 16.0 Å². The number of halogens is 2. The first kappa shape index (κ1) is 19.6. The quantitative estimate of drug-likeness (QED) is 0.773. The molecular formula is C18H24ClFN2O3S. The number of aromatic nitrogens is 1. The van der Waals surface area contributed by atoms with E-state index in [1.165, 1.54) is 0 Å². The van der Waals surface area contributed by atoms with Crippen LogP contribution in [-0.4, -0.2) is 49.9 Å². The fourth-order valence-corrected chi connectivity index (χ4v) is 5.64. The van der Waals surface area contributed by atoms with E-state index < -0.39 is 21.8 Å². The van der Waals surface area contributed by atoms with Gasteiger partial charge in [0.05, 0.1) is 10.3 Å². The Hall–Kier alpha value is -1.18. The highest BCUT2D eigenvalue weighted by atomic mass is 35.5. The van der Waals surface area contributed by atoms with Crippen LogP contribution in [0.4, 0.5) is 4.39 Å². The maximum Gasteiger partial charge on any atom is 0.200 e.